The van der Waals surface area contributed by atoms with E-state index in [9.17, 15) is 4.79 Å². The molecule has 0 heterocycles. The lowest BCUT2D eigenvalue weighted by Crippen LogP contribution is -2.21. The van der Waals surface area contributed by atoms with Gasteiger partial charge in [0.2, 0.25) is 0 Å². The number of rotatable bonds is 4. The molecule has 0 unspecified atom stereocenters. The number of allylic oxidation sites excluding steroid dienone is 1. The Morgan fingerprint density at radius 2 is 1.87 bits per heavy atom. The van der Waals surface area contributed by atoms with E-state index in [0.717, 1.165) is 42.5 Å². The van der Waals surface area contributed by atoms with Crippen LogP contribution < -0.4 is 14.9 Å². The maximum absolute atomic E-state index is 11.2. The summed E-state index contributed by atoms with van der Waals surface area (Å²) < 4.78 is 15.1. The van der Waals surface area contributed by atoms with Crippen molar-refractivity contribution in [3.63, 3.8) is 0 Å². The van der Waals surface area contributed by atoms with Gasteiger partial charge in [-0.1, -0.05) is 6.07 Å². The van der Waals surface area contributed by atoms with E-state index in [1.807, 2.05) is 18.2 Å². The highest BCUT2D eigenvalue weighted by Crippen LogP contribution is 2.30. The molecule has 1 fully saturated rings. The molecular weight excluding hydrogens is 296 g/mol. The van der Waals surface area contributed by atoms with E-state index in [0.29, 0.717) is 11.5 Å². The van der Waals surface area contributed by atoms with Crippen LogP contribution in [-0.2, 0) is 4.74 Å². The van der Waals surface area contributed by atoms with Crippen molar-refractivity contribution in [2.24, 2.45) is 5.10 Å². The molecule has 0 aromatic heterocycles. The van der Waals surface area contributed by atoms with Gasteiger partial charge < -0.3 is 14.2 Å². The van der Waals surface area contributed by atoms with Crippen LogP contribution in [0.15, 0.2) is 28.9 Å². The lowest BCUT2D eigenvalue weighted by Gasteiger charge is -2.17. The highest BCUT2D eigenvalue weighted by atomic mass is 16.5. The van der Waals surface area contributed by atoms with Gasteiger partial charge in [-0.2, -0.15) is 5.10 Å². The summed E-state index contributed by atoms with van der Waals surface area (Å²) in [5.41, 5.74) is 5.40. The summed E-state index contributed by atoms with van der Waals surface area (Å²) in [5.74, 6) is 1.38. The van der Waals surface area contributed by atoms with Crippen LogP contribution >= 0.6 is 0 Å². The minimum absolute atomic E-state index is 0.562. The van der Waals surface area contributed by atoms with Crippen LogP contribution in [0.5, 0.6) is 11.5 Å². The van der Waals surface area contributed by atoms with Gasteiger partial charge >= 0.3 is 6.09 Å². The lowest BCUT2D eigenvalue weighted by molar-refractivity contribution is 0.171. The summed E-state index contributed by atoms with van der Waals surface area (Å²) in [6.45, 7) is 0. The van der Waals surface area contributed by atoms with E-state index in [1.165, 1.54) is 7.11 Å². The molecule has 0 radical (unpaired) electrons. The number of nitrogens with one attached hydrogen (secondary N) is 1. The average Bonchev–Trinajstić information content (AvgIpc) is 2.60. The molecule has 6 heteroatoms. The van der Waals surface area contributed by atoms with Crippen LogP contribution in [0, 0.1) is 0 Å². The lowest BCUT2D eigenvalue weighted by atomic mass is 9.91. The molecule has 1 aliphatic carbocycles. The van der Waals surface area contributed by atoms with Gasteiger partial charge in [0.1, 0.15) is 0 Å². The van der Waals surface area contributed by atoms with E-state index >= 15 is 0 Å². The Bertz CT molecular complexity index is 623. The summed E-state index contributed by atoms with van der Waals surface area (Å²) in [6, 6.07) is 5.76. The molecule has 1 aliphatic rings. The molecule has 23 heavy (non-hydrogen) atoms. The van der Waals surface area contributed by atoms with Crippen LogP contribution in [0.1, 0.15) is 31.2 Å². The molecule has 2 rings (SSSR count). The Balaban J connectivity index is 2.25. The Hall–Kier alpha value is -2.50. The third kappa shape index (κ3) is 4.48. The number of nitrogens with zero attached hydrogens (tertiary/aromatic N) is 1. The van der Waals surface area contributed by atoms with E-state index in [2.05, 4.69) is 21.3 Å². The number of methoxy groups -OCH3 is 3. The third-order valence-electron chi connectivity index (χ3n) is 3.70. The van der Waals surface area contributed by atoms with Gasteiger partial charge in [0, 0.05) is 0 Å². The summed E-state index contributed by atoms with van der Waals surface area (Å²) in [5, 5.41) is 4.18. The fourth-order valence-corrected chi connectivity index (χ4v) is 2.50. The highest BCUT2D eigenvalue weighted by molar-refractivity contribution is 6.04. The van der Waals surface area contributed by atoms with Gasteiger partial charge in [0.25, 0.3) is 0 Å². The monoisotopic (exact) mass is 318 g/mol. The number of amides is 1. The largest absolute Gasteiger partial charge is 0.493 e. The number of ether oxygens (including phenoxy) is 3. The Kier molecular flexibility index (Phi) is 6.02. The molecule has 6 nitrogen and oxygen atoms in total. The second kappa shape index (κ2) is 8.22. The quantitative estimate of drug-likeness (QED) is 0.864. The van der Waals surface area contributed by atoms with Crippen LogP contribution in [0.25, 0.3) is 6.08 Å². The van der Waals surface area contributed by atoms with E-state index < -0.39 is 6.09 Å². The van der Waals surface area contributed by atoms with Crippen molar-refractivity contribution in [3.05, 3.63) is 29.3 Å². The van der Waals surface area contributed by atoms with Crippen LogP contribution in [0.2, 0.25) is 0 Å². The van der Waals surface area contributed by atoms with Crippen molar-refractivity contribution in [1.82, 2.24) is 5.43 Å². The minimum atomic E-state index is -0.562. The Morgan fingerprint density at radius 3 is 2.57 bits per heavy atom. The fourth-order valence-electron chi connectivity index (χ4n) is 2.50. The topological polar surface area (TPSA) is 69.2 Å². The zero-order valence-electron chi connectivity index (χ0n) is 13.7. The first-order chi connectivity index (χ1) is 11.2. The Morgan fingerprint density at radius 1 is 1.13 bits per heavy atom. The molecular formula is C17H22N2O4. The van der Waals surface area contributed by atoms with E-state index in [1.54, 1.807) is 14.2 Å². The van der Waals surface area contributed by atoms with Crippen LogP contribution in [-0.4, -0.2) is 33.1 Å². The first-order valence-electron chi connectivity index (χ1n) is 7.51. The molecule has 1 N–H and O–H groups in total. The van der Waals surface area contributed by atoms with Crippen molar-refractivity contribution in [1.29, 1.82) is 0 Å². The molecule has 1 aromatic rings. The third-order valence-corrected chi connectivity index (χ3v) is 3.70. The maximum Gasteiger partial charge on any atom is 0.427 e. The second-order valence-corrected chi connectivity index (χ2v) is 5.15. The summed E-state index contributed by atoms with van der Waals surface area (Å²) >= 11 is 0. The number of carbonyl (C=O) groups excluding carboxylic acids is 1. The molecule has 124 valence electrons. The van der Waals surface area contributed by atoms with Crippen molar-refractivity contribution in [2.75, 3.05) is 21.3 Å². The molecule has 1 amide bonds. The number of hydrazone groups is 1. The molecule has 1 saturated carbocycles. The van der Waals surface area contributed by atoms with Gasteiger partial charge in [0.15, 0.2) is 11.5 Å². The van der Waals surface area contributed by atoms with Crippen molar-refractivity contribution < 1.29 is 19.0 Å². The summed E-state index contributed by atoms with van der Waals surface area (Å²) in [7, 11) is 4.54. The Labute approximate surface area is 136 Å². The molecule has 1 aromatic carbocycles. The van der Waals surface area contributed by atoms with Gasteiger partial charge in [-0.15, -0.1) is 0 Å². The molecule has 0 bridgehead atoms. The minimum Gasteiger partial charge on any atom is -0.493 e. The fraction of sp³-hybridized carbons (Fsp3) is 0.412. The summed E-state index contributed by atoms with van der Waals surface area (Å²) in [4.78, 5) is 11.2. The first kappa shape index (κ1) is 16.9. The predicted octanol–water partition coefficient (Wildman–Crippen LogP) is 3.37. The van der Waals surface area contributed by atoms with Gasteiger partial charge in [0.05, 0.1) is 27.0 Å². The van der Waals surface area contributed by atoms with Gasteiger partial charge in [-0.3, -0.25) is 0 Å². The van der Waals surface area contributed by atoms with E-state index in [-0.39, 0.29) is 0 Å². The van der Waals surface area contributed by atoms with Crippen molar-refractivity contribution in [3.8, 4) is 11.5 Å². The number of hydrogen-bond acceptors (Lipinski definition) is 5. The summed E-state index contributed by atoms with van der Waals surface area (Å²) in [6.07, 6.45) is 5.44. The van der Waals surface area contributed by atoms with Gasteiger partial charge in [-0.05, 0) is 55.0 Å². The maximum atomic E-state index is 11.2. The molecule has 0 atom stereocenters. The average molecular weight is 318 g/mol. The van der Waals surface area contributed by atoms with Crippen LogP contribution in [0.4, 0.5) is 4.79 Å². The smallest absolute Gasteiger partial charge is 0.427 e. The molecule has 0 saturated heterocycles. The SMILES string of the molecule is COC(=O)NN=C1CCCCC1=Cc1ccc(OC)c(OC)c1. The standard InChI is InChI=1S/C17H22N2O4/c1-21-15-9-8-12(11-16(15)22-2)10-13-6-4-5-7-14(13)18-19-17(20)23-3/h8-11H,4-7H2,1-3H3,(H,19,20). The number of benzene rings is 1. The second-order valence-electron chi connectivity index (χ2n) is 5.15. The zero-order chi connectivity index (χ0) is 16.7. The normalized spacial score (nSPS) is 17.9. The van der Waals surface area contributed by atoms with E-state index in [4.69, 9.17) is 9.47 Å². The first-order valence-corrected chi connectivity index (χ1v) is 7.51. The van der Waals surface area contributed by atoms with Gasteiger partial charge in [-0.25, -0.2) is 10.2 Å². The molecule has 0 spiro atoms. The highest BCUT2D eigenvalue weighted by Gasteiger charge is 2.14. The predicted molar refractivity (Wildman–Crippen MR) is 89.0 cm³/mol. The van der Waals surface area contributed by atoms with Crippen molar-refractivity contribution in [2.45, 2.75) is 25.7 Å². The number of carbonyl (C=O) groups is 1. The van der Waals surface area contributed by atoms with Crippen LogP contribution in [0.3, 0.4) is 0 Å². The molecule has 0 aliphatic heterocycles. The number of hydrogen-bond donors (Lipinski definition) is 1. The van der Waals surface area contributed by atoms with Crippen molar-refractivity contribution >= 4 is 17.9 Å². The zero-order valence-corrected chi connectivity index (χ0v) is 13.7.